The number of rotatable bonds is 3. The maximum atomic E-state index is 12.6. The molecule has 0 saturated carbocycles. The van der Waals surface area contributed by atoms with Crippen molar-refractivity contribution in [1.82, 2.24) is 14.9 Å². The Labute approximate surface area is 145 Å². The molecule has 1 aliphatic rings. The third-order valence-electron chi connectivity index (χ3n) is 4.14. The molecule has 1 saturated heterocycles. The lowest BCUT2D eigenvalue weighted by molar-refractivity contribution is 0.0214. The summed E-state index contributed by atoms with van der Waals surface area (Å²) in [6.45, 7) is 14.8. The topological polar surface area (TPSA) is 58.2 Å². The average molecular weight is 333 g/mol. The van der Waals surface area contributed by atoms with Gasteiger partial charge in [-0.1, -0.05) is 26.8 Å². The van der Waals surface area contributed by atoms with Gasteiger partial charge in [-0.25, -0.2) is 9.78 Å². The molecule has 134 valence electrons. The van der Waals surface area contributed by atoms with Gasteiger partial charge in [0.05, 0.1) is 11.7 Å². The number of allylic oxidation sites excluding steroid dienone is 1. The highest BCUT2D eigenvalue weighted by molar-refractivity contribution is 5.69. The molecule has 0 aromatic carbocycles. The molecule has 2 unspecified atom stereocenters. The van der Waals surface area contributed by atoms with Crippen molar-refractivity contribution in [2.24, 2.45) is 5.92 Å². The van der Waals surface area contributed by atoms with Crippen LogP contribution in [0.3, 0.4) is 0 Å². The molecule has 1 fully saturated rings. The van der Waals surface area contributed by atoms with Crippen molar-refractivity contribution in [2.75, 3.05) is 6.54 Å². The lowest BCUT2D eigenvalue weighted by Gasteiger charge is -2.27. The molecule has 1 N–H and O–H groups in total. The number of H-pyrrole nitrogens is 1. The summed E-state index contributed by atoms with van der Waals surface area (Å²) in [6.07, 6.45) is 4.66. The summed E-state index contributed by atoms with van der Waals surface area (Å²) >= 11 is 0. The van der Waals surface area contributed by atoms with Crippen molar-refractivity contribution >= 4 is 12.2 Å². The second-order valence-corrected chi connectivity index (χ2v) is 8.07. The monoisotopic (exact) mass is 333 g/mol. The smallest absolute Gasteiger partial charge is 0.410 e. The minimum absolute atomic E-state index is 0.0497. The van der Waals surface area contributed by atoms with Gasteiger partial charge < -0.3 is 9.72 Å². The molecule has 24 heavy (non-hydrogen) atoms. The first-order valence-corrected chi connectivity index (χ1v) is 8.84. The van der Waals surface area contributed by atoms with Gasteiger partial charge in [0.2, 0.25) is 0 Å². The Bertz CT molecular complexity index is 611. The van der Waals surface area contributed by atoms with E-state index in [-0.39, 0.29) is 12.1 Å². The minimum atomic E-state index is -0.490. The largest absolute Gasteiger partial charge is 0.444 e. The summed E-state index contributed by atoms with van der Waals surface area (Å²) in [5.41, 5.74) is 1.59. The zero-order valence-electron chi connectivity index (χ0n) is 16.0. The van der Waals surface area contributed by atoms with Crippen molar-refractivity contribution in [1.29, 1.82) is 0 Å². The Morgan fingerprint density at radius 1 is 1.42 bits per heavy atom. The number of imidazole rings is 1. The van der Waals surface area contributed by atoms with Crippen molar-refractivity contribution in [3.8, 4) is 0 Å². The number of nitrogens with zero attached hydrogens (tertiary/aromatic N) is 2. The fraction of sp³-hybridized carbons (Fsp3) is 0.684. The van der Waals surface area contributed by atoms with Crippen molar-refractivity contribution in [3.05, 3.63) is 23.3 Å². The number of ether oxygens (including phenoxy) is 1. The number of hydrogen-bond donors (Lipinski definition) is 1. The van der Waals surface area contributed by atoms with Gasteiger partial charge in [0, 0.05) is 12.2 Å². The second kappa shape index (κ2) is 6.99. The molecule has 2 heterocycles. The lowest BCUT2D eigenvalue weighted by Crippen LogP contribution is -2.37. The van der Waals surface area contributed by atoms with Crippen molar-refractivity contribution < 1.29 is 9.53 Å². The third-order valence-corrected chi connectivity index (χ3v) is 4.14. The summed E-state index contributed by atoms with van der Waals surface area (Å²) < 4.78 is 5.59. The van der Waals surface area contributed by atoms with E-state index in [4.69, 9.17) is 9.72 Å². The molecule has 1 aromatic heterocycles. The van der Waals surface area contributed by atoms with Gasteiger partial charge in [-0.05, 0) is 52.0 Å². The molecule has 1 aliphatic heterocycles. The van der Waals surface area contributed by atoms with E-state index >= 15 is 0 Å². The molecule has 2 atom stereocenters. The van der Waals surface area contributed by atoms with E-state index in [0.29, 0.717) is 18.4 Å². The SMILES string of the molecule is C/C=C\c1nc(C2CC(C)CN2C(=O)OC(C)(C)C)[nH]c1C(C)C. The van der Waals surface area contributed by atoms with Gasteiger partial charge in [0.1, 0.15) is 11.4 Å². The molecule has 0 radical (unpaired) electrons. The van der Waals surface area contributed by atoms with Gasteiger partial charge in [-0.15, -0.1) is 0 Å². The second-order valence-electron chi connectivity index (χ2n) is 8.07. The first kappa shape index (κ1) is 18.6. The summed E-state index contributed by atoms with van der Waals surface area (Å²) in [7, 11) is 0. The Morgan fingerprint density at radius 3 is 2.62 bits per heavy atom. The van der Waals surface area contributed by atoms with Crippen LogP contribution in [0.25, 0.3) is 6.08 Å². The normalized spacial score (nSPS) is 21.9. The molecule has 5 nitrogen and oxygen atoms in total. The van der Waals surface area contributed by atoms with Crippen LogP contribution in [0, 0.1) is 5.92 Å². The van der Waals surface area contributed by atoms with Crippen LogP contribution in [0.5, 0.6) is 0 Å². The number of aromatic nitrogens is 2. The quantitative estimate of drug-likeness (QED) is 0.857. The number of aromatic amines is 1. The van der Waals surface area contributed by atoms with Crippen LogP contribution in [0.4, 0.5) is 4.79 Å². The molecule has 0 aliphatic carbocycles. The molecule has 1 amide bonds. The first-order valence-electron chi connectivity index (χ1n) is 8.84. The van der Waals surface area contributed by atoms with Crippen LogP contribution in [0.2, 0.25) is 0 Å². The van der Waals surface area contributed by atoms with Gasteiger partial charge >= 0.3 is 6.09 Å². The number of likely N-dealkylation sites (tertiary alicyclic amines) is 1. The van der Waals surface area contributed by atoms with E-state index in [1.807, 2.05) is 44.7 Å². The molecule has 5 heteroatoms. The number of hydrogen-bond acceptors (Lipinski definition) is 3. The summed E-state index contributed by atoms with van der Waals surface area (Å²) in [5.74, 6) is 1.65. The summed E-state index contributed by atoms with van der Waals surface area (Å²) in [5, 5.41) is 0. The van der Waals surface area contributed by atoms with E-state index in [1.165, 1.54) is 0 Å². The fourth-order valence-corrected chi connectivity index (χ4v) is 3.13. The van der Waals surface area contributed by atoms with Gasteiger partial charge in [0.25, 0.3) is 0 Å². The molecular formula is C19H31N3O2. The first-order chi connectivity index (χ1) is 11.1. The molecule has 0 spiro atoms. The number of carbonyl (C=O) groups is 1. The van der Waals surface area contributed by atoms with Gasteiger partial charge in [0.15, 0.2) is 0 Å². The maximum Gasteiger partial charge on any atom is 0.410 e. The molecule has 1 aromatic rings. The molecule has 0 bridgehead atoms. The van der Waals surface area contributed by atoms with E-state index in [1.54, 1.807) is 0 Å². The van der Waals surface area contributed by atoms with Gasteiger partial charge in [-0.2, -0.15) is 0 Å². The van der Waals surface area contributed by atoms with Crippen molar-refractivity contribution in [2.45, 2.75) is 72.4 Å². The number of nitrogens with one attached hydrogen (secondary N) is 1. The van der Waals surface area contributed by atoms with Crippen LogP contribution < -0.4 is 0 Å². The number of amides is 1. The maximum absolute atomic E-state index is 12.6. The third kappa shape index (κ3) is 4.19. The Balaban J connectivity index is 2.31. The molecule has 2 rings (SSSR count). The average Bonchev–Trinajstić information content (AvgIpc) is 3.01. The Kier molecular flexibility index (Phi) is 5.41. The van der Waals surface area contributed by atoms with E-state index < -0.39 is 5.60 Å². The van der Waals surface area contributed by atoms with Crippen molar-refractivity contribution in [3.63, 3.8) is 0 Å². The lowest BCUT2D eigenvalue weighted by atomic mass is 10.1. The van der Waals surface area contributed by atoms with E-state index in [9.17, 15) is 4.79 Å². The van der Waals surface area contributed by atoms with Crippen LogP contribution >= 0.6 is 0 Å². The van der Waals surface area contributed by atoms with Crippen LogP contribution in [-0.4, -0.2) is 33.1 Å². The van der Waals surface area contributed by atoms with Crippen LogP contribution in [0.1, 0.15) is 84.1 Å². The van der Waals surface area contributed by atoms with Gasteiger partial charge in [-0.3, -0.25) is 4.90 Å². The summed E-state index contributed by atoms with van der Waals surface area (Å²) in [6, 6.07) is -0.0497. The predicted octanol–water partition coefficient (Wildman–Crippen LogP) is 4.88. The fourth-order valence-electron chi connectivity index (χ4n) is 3.13. The minimum Gasteiger partial charge on any atom is -0.444 e. The highest BCUT2D eigenvalue weighted by atomic mass is 16.6. The Hall–Kier alpha value is -1.78. The van der Waals surface area contributed by atoms with Crippen LogP contribution in [0.15, 0.2) is 6.08 Å². The van der Waals surface area contributed by atoms with E-state index in [2.05, 4.69) is 25.8 Å². The Morgan fingerprint density at radius 2 is 2.08 bits per heavy atom. The highest BCUT2D eigenvalue weighted by Crippen LogP contribution is 2.36. The summed E-state index contributed by atoms with van der Waals surface area (Å²) in [4.78, 5) is 22.6. The van der Waals surface area contributed by atoms with Crippen LogP contribution in [-0.2, 0) is 4.74 Å². The highest BCUT2D eigenvalue weighted by Gasteiger charge is 2.38. The molecular weight excluding hydrogens is 302 g/mol. The number of carbonyl (C=O) groups excluding carboxylic acids is 1. The zero-order chi connectivity index (χ0) is 18.1. The zero-order valence-corrected chi connectivity index (χ0v) is 16.0. The van der Waals surface area contributed by atoms with E-state index in [0.717, 1.165) is 23.6 Å². The predicted molar refractivity (Wildman–Crippen MR) is 96.8 cm³/mol. The standard InChI is InChI=1S/C19H31N3O2/c1-8-9-14-16(12(2)3)21-17(20-14)15-10-13(4)11-22(15)18(23)24-19(5,6)7/h8-9,12-13,15H,10-11H2,1-7H3,(H,20,21)/b9-8-.